The van der Waals surface area contributed by atoms with Crippen molar-refractivity contribution < 1.29 is 80.2 Å². The van der Waals surface area contributed by atoms with Gasteiger partial charge >= 0.3 is 39.5 Å². The van der Waals surface area contributed by atoms with Gasteiger partial charge in [0.2, 0.25) is 0 Å². The molecular weight excluding hydrogens is 1290 g/mol. The van der Waals surface area contributed by atoms with Crippen molar-refractivity contribution in [2.75, 3.05) is 39.6 Å². The first kappa shape index (κ1) is 97.1. The molecule has 2 unspecified atom stereocenters. The van der Waals surface area contributed by atoms with Crippen LogP contribution in [0.2, 0.25) is 0 Å². The molecule has 0 saturated heterocycles. The number of unbranched alkanes of at least 4 members (excludes halogenated alkanes) is 55. The number of hydrogen-bond donors (Lipinski definition) is 3. The van der Waals surface area contributed by atoms with Gasteiger partial charge < -0.3 is 33.8 Å². The standard InChI is InChI=1S/C80H156O17P2/c1-5-9-13-17-21-25-27-29-31-33-35-37-39-41-43-45-47-50-53-57-61-65-78(83)91-71-76(97-80(85)67-63-59-55-51-48-46-44-42-40-38-36-34-32-30-28-26-22-18-14-10-6-2)73-95-99(88,89)93-69-74(81)68-92-98(86,87)94-72-75(70-90-77(82)64-60-56-52-24-20-16-12-8-4)96-79(84)66-62-58-54-49-23-19-15-11-7-3/h74-76,81H,5-73H2,1-4H3,(H,86,87)(H,88,89)/t74-,75+,76+/m0/s1. The molecule has 0 amide bonds. The van der Waals surface area contributed by atoms with Gasteiger partial charge in [-0.05, 0) is 25.7 Å². The van der Waals surface area contributed by atoms with Crippen LogP contribution in [0.4, 0.5) is 0 Å². The lowest BCUT2D eigenvalue weighted by atomic mass is 10.0. The highest BCUT2D eigenvalue weighted by Crippen LogP contribution is 2.45. The van der Waals surface area contributed by atoms with E-state index in [4.69, 9.17) is 37.0 Å². The van der Waals surface area contributed by atoms with E-state index in [1.165, 1.54) is 257 Å². The zero-order valence-electron chi connectivity index (χ0n) is 64.5. The molecule has 0 bridgehead atoms. The Morgan fingerprint density at radius 1 is 0.242 bits per heavy atom. The molecule has 0 aromatic heterocycles. The molecule has 0 heterocycles. The number of phosphoric acid groups is 2. The van der Waals surface area contributed by atoms with Gasteiger partial charge in [0, 0.05) is 25.7 Å². The van der Waals surface area contributed by atoms with Crippen LogP contribution in [0, 0.1) is 0 Å². The molecule has 0 aliphatic rings. The third kappa shape index (κ3) is 74.1. The summed E-state index contributed by atoms with van der Waals surface area (Å²) in [6.07, 6.45) is 67.0. The number of carbonyl (C=O) groups is 4. The van der Waals surface area contributed by atoms with Crippen molar-refractivity contribution in [2.24, 2.45) is 0 Å². The van der Waals surface area contributed by atoms with Gasteiger partial charge in [-0.3, -0.25) is 37.3 Å². The van der Waals surface area contributed by atoms with Crippen molar-refractivity contribution in [1.82, 2.24) is 0 Å². The fraction of sp³-hybridized carbons (Fsp3) is 0.950. The van der Waals surface area contributed by atoms with Gasteiger partial charge in [0.25, 0.3) is 0 Å². The van der Waals surface area contributed by atoms with Crippen LogP contribution in [0.3, 0.4) is 0 Å². The van der Waals surface area contributed by atoms with Crippen LogP contribution < -0.4 is 0 Å². The van der Waals surface area contributed by atoms with Gasteiger partial charge in [-0.2, -0.15) is 0 Å². The Hall–Kier alpha value is -1.94. The zero-order valence-corrected chi connectivity index (χ0v) is 66.3. The lowest BCUT2D eigenvalue weighted by Crippen LogP contribution is -2.30. The first-order valence-corrected chi connectivity index (χ1v) is 44.8. The van der Waals surface area contributed by atoms with Crippen LogP contribution in [0.15, 0.2) is 0 Å². The monoisotopic (exact) mass is 1450 g/mol. The minimum Gasteiger partial charge on any atom is -0.462 e. The lowest BCUT2D eigenvalue weighted by molar-refractivity contribution is -0.161. The highest BCUT2D eigenvalue weighted by Gasteiger charge is 2.30. The molecule has 0 spiro atoms. The predicted molar refractivity (Wildman–Crippen MR) is 405 cm³/mol. The van der Waals surface area contributed by atoms with Crippen molar-refractivity contribution in [3.63, 3.8) is 0 Å². The predicted octanol–water partition coefficient (Wildman–Crippen LogP) is 24.2. The normalized spacial score (nSPS) is 13.8. The summed E-state index contributed by atoms with van der Waals surface area (Å²) in [7, 11) is -9.91. The number of aliphatic hydroxyl groups excluding tert-OH is 1. The largest absolute Gasteiger partial charge is 0.472 e. The Morgan fingerprint density at radius 2 is 0.404 bits per heavy atom. The van der Waals surface area contributed by atoms with Crippen molar-refractivity contribution >= 4 is 39.5 Å². The highest BCUT2D eigenvalue weighted by atomic mass is 31.2. The Labute approximate surface area is 607 Å². The van der Waals surface area contributed by atoms with Crippen LogP contribution in [0.5, 0.6) is 0 Å². The number of carbonyl (C=O) groups excluding carboxylic acids is 4. The molecule has 19 heteroatoms. The van der Waals surface area contributed by atoms with Crippen LogP contribution in [-0.2, 0) is 65.4 Å². The van der Waals surface area contributed by atoms with E-state index in [1.54, 1.807) is 0 Å². The average molecular weight is 1450 g/mol. The van der Waals surface area contributed by atoms with Crippen molar-refractivity contribution in [1.29, 1.82) is 0 Å². The maximum absolute atomic E-state index is 13.1. The average Bonchev–Trinajstić information content (AvgIpc) is 1.00. The number of esters is 4. The Bertz CT molecular complexity index is 1880. The highest BCUT2D eigenvalue weighted by molar-refractivity contribution is 7.47. The molecule has 3 N–H and O–H groups in total. The van der Waals surface area contributed by atoms with Crippen molar-refractivity contribution in [2.45, 2.75) is 451 Å². The number of ether oxygens (including phenoxy) is 4. The number of phosphoric ester groups is 2. The Balaban J connectivity index is 5.12. The molecule has 0 aromatic carbocycles. The molecule has 0 fully saturated rings. The van der Waals surface area contributed by atoms with E-state index in [2.05, 4.69) is 27.7 Å². The second kappa shape index (κ2) is 74.3. The summed E-state index contributed by atoms with van der Waals surface area (Å²) in [5, 5.41) is 10.6. The molecular formula is C80H156O17P2. The van der Waals surface area contributed by atoms with E-state index in [0.717, 1.165) is 96.3 Å². The van der Waals surface area contributed by atoms with Crippen LogP contribution in [0.25, 0.3) is 0 Å². The fourth-order valence-electron chi connectivity index (χ4n) is 12.5. The Morgan fingerprint density at radius 3 is 0.596 bits per heavy atom. The van der Waals surface area contributed by atoms with Gasteiger partial charge in [-0.1, -0.05) is 381 Å². The molecule has 0 aliphatic heterocycles. The quantitative estimate of drug-likeness (QED) is 0.0222. The smallest absolute Gasteiger partial charge is 0.462 e. The van der Waals surface area contributed by atoms with Gasteiger partial charge in [0.1, 0.15) is 19.3 Å². The van der Waals surface area contributed by atoms with Gasteiger partial charge in [-0.15, -0.1) is 0 Å². The summed E-state index contributed by atoms with van der Waals surface area (Å²) < 4.78 is 68.5. The van der Waals surface area contributed by atoms with Gasteiger partial charge in [-0.25, -0.2) is 9.13 Å². The van der Waals surface area contributed by atoms with E-state index < -0.39 is 97.5 Å². The SMILES string of the molecule is CCCCCCCCCCCCCCCCCCCCCCCC(=O)OC[C@H](COP(=O)(O)OC[C@@H](O)COP(=O)(O)OC[C@@H](COC(=O)CCCCCCCCCC)OC(=O)CCCCCCCCCCC)OC(=O)CCCCCCCCCCCCCCCCCCCCCCC. The lowest BCUT2D eigenvalue weighted by Gasteiger charge is -2.21. The summed E-state index contributed by atoms with van der Waals surface area (Å²) in [5.74, 6) is -2.11. The number of aliphatic hydroxyl groups is 1. The van der Waals surface area contributed by atoms with Gasteiger partial charge in [0.05, 0.1) is 26.4 Å². The maximum Gasteiger partial charge on any atom is 0.472 e. The van der Waals surface area contributed by atoms with Gasteiger partial charge in [0.15, 0.2) is 12.2 Å². The van der Waals surface area contributed by atoms with E-state index in [9.17, 15) is 43.2 Å². The van der Waals surface area contributed by atoms with Crippen LogP contribution in [0.1, 0.15) is 432 Å². The van der Waals surface area contributed by atoms with Crippen molar-refractivity contribution in [3.8, 4) is 0 Å². The number of hydrogen-bond acceptors (Lipinski definition) is 15. The minimum atomic E-state index is -4.96. The molecule has 99 heavy (non-hydrogen) atoms. The third-order valence-electron chi connectivity index (χ3n) is 18.9. The maximum atomic E-state index is 13.1. The van der Waals surface area contributed by atoms with E-state index in [-0.39, 0.29) is 25.7 Å². The molecule has 0 rings (SSSR count). The third-order valence-corrected chi connectivity index (χ3v) is 20.8. The summed E-state index contributed by atoms with van der Waals surface area (Å²) in [6.45, 7) is 4.96. The topological polar surface area (TPSA) is 237 Å². The second-order valence-corrected chi connectivity index (χ2v) is 31.7. The summed E-state index contributed by atoms with van der Waals surface area (Å²) in [5.41, 5.74) is 0. The zero-order chi connectivity index (χ0) is 72.5. The van der Waals surface area contributed by atoms with Crippen molar-refractivity contribution in [3.05, 3.63) is 0 Å². The van der Waals surface area contributed by atoms with E-state index in [0.29, 0.717) is 25.7 Å². The molecule has 5 atom stereocenters. The molecule has 588 valence electrons. The number of rotatable bonds is 81. The molecule has 17 nitrogen and oxygen atoms in total. The second-order valence-electron chi connectivity index (χ2n) is 28.8. The summed E-state index contributed by atoms with van der Waals surface area (Å²) in [4.78, 5) is 72.7. The van der Waals surface area contributed by atoms with E-state index in [1.807, 2.05) is 0 Å². The minimum absolute atomic E-state index is 0.106. The molecule has 0 radical (unpaired) electrons. The molecule has 0 saturated carbocycles. The van der Waals surface area contributed by atoms with Crippen LogP contribution >= 0.6 is 15.6 Å². The first-order valence-electron chi connectivity index (χ1n) is 41.8. The fourth-order valence-corrected chi connectivity index (χ4v) is 14.0. The van der Waals surface area contributed by atoms with E-state index >= 15 is 0 Å². The van der Waals surface area contributed by atoms with Crippen LogP contribution in [-0.4, -0.2) is 96.7 Å². The molecule has 0 aliphatic carbocycles. The Kier molecular flexibility index (Phi) is 72.9. The first-order chi connectivity index (χ1) is 48.2. The molecule has 0 aromatic rings. The summed E-state index contributed by atoms with van der Waals surface area (Å²) in [6, 6.07) is 0. The summed E-state index contributed by atoms with van der Waals surface area (Å²) >= 11 is 0.